The molecule has 0 aliphatic carbocycles. The minimum Gasteiger partial charge on any atom is -0.318 e. The molecule has 4 rings (SSSR count). The Balaban J connectivity index is 1.87. The van der Waals surface area contributed by atoms with Crippen molar-refractivity contribution >= 4 is 33.4 Å². The highest BCUT2D eigenvalue weighted by Gasteiger charge is 2.30. The monoisotopic (exact) mass is 284 g/mol. The predicted octanol–water partition coefficient (Wildman–Crippen LogP) is 4.09. The predicted molar refractivity (Wildman–Crippen MR) is 83.1 cm³/mol. The molecule has 100 valence electrons. The van der Waals surface area contributed by atoms with E-state index in [0.29, 0.717) is 5.39 Å². The van der Waals surface area contributed by atoms with Crippen LogP contribution < -0.4 is 0 Å². The van der Waals surface area contributed by atoms with Crippen LogP contribution in [0, 0.1) is 5.82 Å². The van der Waals surface area contributed by atoms with Crippen molar-refractivity contribution in [1.82, 2.24) is 4.90 Å². The number of hydrogen-bond acceptors (Lipinski definition) is 3. The van der Waals surface area contributed by atoms with Crippen LogP contribution in [0.5, 0.6) is 0 Å². The zero-order valence-electron chi connectivity index (χ0n) is 11.1. The van der Waals surface area contributed by atoms with E-state index < -0.39 is 0 Å². The van der Waals surface area contributed by atoms with E-state index in [1.165, 1.54) is 16.7 Å². The van der Waals surface area contributed by atoms with Gasteiger partial charge in [0.25, 0.3) is 0 Å². The normalized spacial score (nSPS) is 17.9. The van der Waals surface area contributed by atoms with Gasteiger partial charge in [0.05, 0.1) is 12.2 Å². The van der Waals surface area contributed by atoms with E-state index in [4.69, 9.17) is 0 Å². The van der Waals surface area contributed by atoms with Gasteiger partial charge in [-0.25, -0.2) is 4.39 Å². The summed E-state index contributed by atoms with van der Waals surface area (Å²) in [7, 11) is 0. The van der Waals surface area contributed by atoms with Crippen molar-refractivity contribution in [1.29, 1.82) is 0 Å². The zero-order valence-corrected chi connectivity index (χ0v) is 11.9. The number of fused-ring (bicyclic) bond motifs is 2. The molecular weight excluding hydrogens is 271 g/mol. The van der Waals surface area contributed by atoms with Gasteiger partial charge in [0, 0.05) is 16.8 Å². The smallest absolute Gasteiger partial charge is 0.168 e. The summed E-state index contributed by atoms with van der Waals surface area (Å²) in [6, 6.07) is 11.2. The van der Waals surface area contributed by atoms with E-state index in [1.807, 2.05) is 18.2 Å². The molecule has 2 heterocycles. The molecule has 0 aromatic heterocycles. The minimum absolute atomic E-state index is 0.163. The van der Waals surface area contributed by atoms with E-state index in [1.54, 1.807) is 17.8 Å². The van der Waals surface area contributed by atoms with Crippen molar-refractivity contribution in [2.75, 3.05) is 13.1 Å². The van der Waals surface area contributed by atoms with Crippen molar-refractivity contribution in [2.45, 2.75) is 6.92 Å². The number of aliphatic imine (C=N–C) groups is 1. The number of thioether (sulfide) groups is 1. The van der Waals surface area contributed by atoms with Crippen LogP contribution in [0.1, 0.15) is 12.5 Å². The Morgan fingerprint density at radius 2 is 2.15 bits per heavy atom. The molecule has 2 aromatic carbocycles. The van der Waals surface area contributed by atoms with Crippen molar-refractivity contribution in [3.8, 4) is 0 Å². The molecule has 0 atom stereocenters. The molecule has 0 bridgehead atoms. The van der Waals surface area contributed by atoms with Gasteiger partial charge >= 0.3 is 0 Å². The van der Waals surface area contributed by atoms with Gasteiger partial charge in [-0.15, -0.1) is 0 Å². The van der Waals surface area contributed by atoms with Crippen LogP contribution >= 0.6 is 11.8 Å². The minimum atomic E-state index is -0.163. The number of hydrogen-bond donors (Lipinski definition) is 0. The number of rotatable bonds is 1. The number of nitrogens with zero attached hydrogens (tertiary/aromatic N) is 2. The summed E-state index contributed by atoms with van der Waals surface area (Å²) in [6.45, 7) is 3.92. The summed E-state index contributed by atoms with van der Waals surface area (Å²) in [5.74, 6) is -0.163. The summed E-state index contributed by atoms with van der Waals surface area (Å²) in [6.07, 6.45) is 0. The lowest BCUT2D eigenvalue weighted by atomic mass is 10.0. The number of amidine groups is 1. The maximum Gasteiger partial charge on any atom is 0.168 e. The average molecular weight is 284 g/mol. The Labute approximate surface area is 121 Å². The Hall–Kier alpha value is -1.81. The molecule has 0 amide bonds. The Morgan fingerprint density at radius 1 is 1.25 bits per heavy atom. The number of halogens is 1. The molecule has 0 fully saturated rings. The van der Waals surface area contributed by atoms with Gasteiger partial charge in [-0.2, -0.15) is 0 Å². The standard InChI is InChI=1S/C16H13FN2S/c1-10-15(19-8-7-18-16(19)20-10)12-5-6-13-11(9-12)3-2-4-14(13)17/h2-6,9H,7-8H2,1H3. The van der Waals surface area contributed by atoms with E-state index in [9.17, 15) is 4.39 Å². The van der Waals surface area contributed by atoms with Crippen molar-refractivity contribution in [3.63, 3.8) is 0 Å². The molecule has 0 spiro atoms. The van der Waals surface area contributed by atoms with Gasteiger partial charge in [0.15, 0.2) is 5.17 Å². The van der Waals surface area contributed by atoms with Gasteiger partial charge in [-0.3, -0.25) is 4.99 Å². The summed E-state index contributed by atoms with van der Waals surface area (Å²) >= 11 is 1.73. The largest absolute Gasteiger partial charge is 0.318 e. The van der Waals surface area contributed by atoms with Gasteiger partial charge in [-0.05, 0) is 30.0 Å². The van der Waals surface area contributed by atoms with Crippen molar-refractivity contribution in [3.05, 3.63) is 52.7 Å². The SMILES string of the molecule is CC1=C(c2ccc3c(F)cccc3c2)N2CCN=C2S1. The molecule has 2 aromatic rings. The topological polar surface area (TPSA) is 15.6 Å². The second-order valence-corrected chi connectivity index (χ2v) is 6.18. The van der Waals surface area contributed by atoms with Crippen LogP contribution in [0.2, 0.25) is 0 Å². The molecule has 0 saturated carbocycles. The molecule has 20 heavy (non-hydrogen) atoms. The van der Waals surface area contributed by atoms with E-state index in [0.717, 1.165) is 29.2 Å². The zero-order chi connectivity index (χ0) is 13.7. The van der Waals surface area contributed by atoms with Gasteiger partial charge in [-0.1, -0.05) is 36.0 Å². The van der Waals surface area contributed by atoms with Crippen LogP contribution in [0.25, 0.3) is 16.5 Å². The second kappa shape index (κ2) is 4.35. The van der Waals surface area contributed by atoms with E-state index in [2.05, 4.69) is 22.9 Å². The van der Waals surface area contributed by atoms with Crippen LogP contribution in [-0.2, 0) is 0 Å². The maximum atomic E-state index is 13.7. The fourth-order valence-corrected chi connectivity index (χ4v) is 3.89. The highest BCUT2D eigenvalue weighted by atomic mass is 32.2. The maximum absolute atomic E-state index is 13.7. The molecule has 4 heteroatoms. The Morgan fingerprint density at radius 3 is 3.05 bits per heavy atom. The van der Waals surface area contributed by atoms with E-state index >= 15 is 0 Å². The quantitative estimate of drug-likeness (QED) is 0.784. The fraction of sp³-hybridized carbons (Fsp3) is 0.188. The highest BCUT2D eigenvalue weighted by Crippen LogP contribution is 2.41. The lowest BCUT2D eigenvalue weighted by Crippen LogP contribution is -2.19. The summed E-state index contributed by atoms with van der Waals surface area (Å²) < 4.78 is 13.7. The van der Waals surface area contributed by atoms with Crippen LogP contribution in [-0.4, -0.2) is 23.2 Å². The first-order valence-electron chi connectivity index (χ1n) is 6.63. The first kappa shape index (κ1) is 12.0. The molecule has 2 aliphatic rings. The van der Waals surface area contributed by atoms with Crippen molar-refractivity contribution < 1.29 is 4.39 Å². The highest BCUT2D eigenvalue weighted by molar-refractivity contribution is 8.17. The summed E-state index contributed by atoms with van der Waals surface area (Å²) in [5.41, 5.74) is 2.36. The first-order chi connectivity index (χ1) is 9.74. The van der Waals surface area contributed by atoms with Crippen LogP contribution in [0.15, 0.2) is 46.3 Å². The number of benzene rings is 2. The van der Waals surface area contributed by atoms with E-state index in [-0.39, 0.29) is 5.82 Å². The van der Waals surface area contributed by atoms with Crippen LogP contribution in [0.4, 0.5) is 4.39 Å². The van der Waals surface area contributed by atoms with Gasteiger partial charge < -0.3 is 4.90 Å². The Bertz CT molecular complexity index is 779. The molecule has 0 unspecified atom stereocenters. The molecule has 0 saturated heterocycles. The molecular formula is C16H13FN2S. The third kappa shape index (κ3) is 1.68. The van der Waals surface area contributed by atoms with Crippen LogP contribution in [0.3, 0.4) is 0 Å². The number of allylic oxidation sites excluding steroid dienone is 1. The second-order valence-electron chi connectivity index (χ2n) is 5.00. The molecule has 2 aliphatic heterocycles. The van der Waals surface area contributed by atoms with Gasteiger partial charge in [0.1, 0.15) is 5.82 Å². The third-order valence-electron chi connectivity index (χ3n) is 3.75. The van der Waals surface area contributed by atoms with Gasteiger partial charge in [0.2, 0.25) is 0 Å². The molecule has 2 nitrogen and oxygen atoms in total. The van der Waals surface area contributed by atoms with Crippen molar-refractivity contribution in [2.24, 2.45) is 4.99 Å². The lowest BCUT2D eigenvalue weighted by molar-refractivity contribution is 0.639. The molecule has 0 N–H and O–H groups in total. The lowest BCUT2D eigenvalue weighted by Gasteiger charge is -2.17. The third-order valence-corrected chi connectivity index (χ3v) is 4.78. The fourth-order valence-electron chi connectivity index (χ4n) is 2.85. The summed E-state index contributed by atoms with van der Waals surface area (Å²) in [4.78, 5) is 8.03. The molecule has 0 radical (unpaired) electrons. The Kier molecular flexibility index (Phi) is 2.60. The first-order valence-corrected chi connectivity index (χ1v) is 7.45. The average Bonchev–Trinajstić information content (AvgIpc) is 2.98. The summed E-state index contributed by atoms with van der Waals surface area (Å²) in [5, 5.41) is 2.71.